The summed E-state index contributed by atoms with van der Waals surface area (Å²) in [6.45, 7) is 0. The van der Waals surface area contributed by atoms with Crippen LogP contribution in [-0.2, 0) is 0 Å². The number of aromatic nitrogens is 3. The zero-order valence-electron chi connectivity index (χ0n) is 14.2. The fraction of sp³-hybridized carbons (Fsp3) is 0. The highest BCUT2D eigenvalue weighted by Crippen LogP contribution is 2.43. The lowest BCUT2D eigenvalue weighted by Gasteiger charge is -2.01. The molecule has 0 aliphatic rings. The van der Waals surface area contributed by atoms with Crippen LogP contribution in [-0.4, -0.2) is 14.6 Å². The lowest BCUT2D eigenvalue weighted by Crippen LogP contribution is -2.14. The van der Waals surface area contributed by atoms with E-state index in [1.165, 1.54) is 27.2 Å². The average Bonchev–Trinajstić information content (AvgIpc) is 3.28. The fourth-order valence-corrected chi connectivity index (χ4v) is 4.97. The van der Waals surface area contributed by atoms with E-state index in [-0.39, 0.29) is 5.56 Å². The van der Waals surface area contributed by atoms with Gasteiger partial charge in [-0.25, -0.2) is 4.98 Å². The van der Waals surface area contributed by atoms with E-state index in [4.69, 9.17) is 12.2 Å². The molecule has 1 N–H and O–H groups in total. The summed E-state index contributed by atoms with van der Waals surface area (Å²) in [6.07, 6.45) is 0. The van der Waals surface area contributed by atoms with Crippen molar-refractivity contribution in [1.29, 1.82) is 0 Å². The Bertz CT molecular complexity index is 1450. The predicted molar refractivity (Wildman–Crippen MR) is 116 cm³/mol. The number of benzene rings is 2. The van der Waals surface area contributed by atoms with Gasteiger partial charge in [-0.3, -0.25) is 9.89 Å². The van der Waals surface area contributed by atoms with Crippen molar-refractivity contribution in [3.63, 3.8) is 0 Å². The molecule has 5 aromatic rings. The maximum atomic E-state index is 13.2. The number of H-pyrrole nitrogens is 1. The molecule has 3 aromatic heterocycles. The normalized spacial score (nSPS) is 11.7. The van der Waals surface area contributed by atoms with E-state index in [1.807, 2.05) is 60.7 Å². The Morgan fingerprint density at radius 2 is 1.68 bits per heavy atom. The largest absolute Gasteiger partial charge is 0.282 e. The summed E-state index contributed by atoms with van der Waals surface area (Å²) in [5.74, 6) is 0. The van der Waals surface area contributed by atoms with Gasteiger partial charge in [-0.15, -0.1) is 10.2 Å². The number of hydrogen-bond acceptors (Lipinski definition) is 7. The van der Waals surface area contributed by atoms with E-state index in [1.54, 1.807) is 0 Å². The molecule has 3 heterocycles. The third kappa shape index (κ3) is 2.89. The van der Waals surface area contributed by atoms with Crippen molar-refractivity contribution in [2.75, 3.05) is 0 Å². The summed E-state index contributed by atoms with van der Waals surface area (Å²) >= 11 is 7.78. The molecular formula is C19H11N5OS3. The SMILES string of the molecule is O=c1c2c(-c3ccccc3)c(N=Nc3ccccc3)sc2nc2sc(=S)[nH]n12. The van der Waals surface area contributed by atoms with Crippen LogP contribution in [0, 0.1) is 3.95 Å². The summed E-state index contributed by atoms with van der Waals surface area (Å²) in [7, 11) is 0. The second-order valence-corrected chi connectivity index (χ2v) is 8.52. The van der Waals surface area contributed by atoms with Gasteiger partial charge < -0.3 is 0 Å². The maximum absolute atomic E-state index is 13.2. The first-order chi connectivity index (χ1) is 13.7. The highest BCUT2D eigenvalue weighted by Gasteiger charge is 2.20. The van der Waals surface area contributed by atoms with Gasteiger partial charge in [-0.05, 0) is 29.9 Å². The van der Waals surface area contributed by atoms with Crippen molar-refractivity contribution >= 4 is 60.8 Å². The van der Waals surface area contributed by atoms with Crippen LogP contribution in [0.5, 0.6) is 0 Å². The van der Waals surface area contributed by atoms with Gasteiger partial charge in [0, 0.05) is 5.56 Å². The Morgan fingerprint density at radius 1 is 0.964 bits per heavy atom. The topological polar surface area (TPSA) is 74.9 Å². The van der Waals surface area contributed by atoms with Gasteiger partial charge in [0.2, 0.25) is 4.96 Å². The molecule has 136 valence electrons. The van der Waals surface area contributed by atoms with Crippen LogP contribution in [0.1, 0.15) is 0 Å². The summed E-state index contributed by atoms with van der Waals surface area (Å²) in [5.41, 5.74) is 2.18. The Balaban J connectivity index is 1.82. The lowest BCUT2D eigenvalue weighted by molar-refractivity contribution is 0.910. The van der Waals surface area contributed by atoms with Crippen LogP contribution in [0.25, 0.3) is 26.3 Å². The molecule has 6 nitrogen and oxygen atoms in total. The van der Waals surface area contributed by atoms with Crippen LogP contribution in [0.2, 0.25) is 0 Å². The fourth-order valence-electron chi connectivity index (χ4n) is 2.93. The van der Waals surface area contributed by atoms with Gasteiger partial charge in [-0.2, -0.15) is 4.52 Å². The molecule has 2 aromatic carbocycles. The third-order valence-corrected chi connectivity index (χ3v) is 6.18. The zero-order chi connectivity index (χ0) is 19.1. The van der Waals surface area contributed by atoms with Crippen LogP contribution < -0.4 is 5.56 Å². The monoisotopic (exact) mass is 421 g/mol. The first-order valence-corrected chi connectivity index (χ1v) is 10.4. The number of nitrogens with zero attached hydrogens (tertiary/aromatic N) is 4. The highest BCUT2D eigenvalue weighted by atomic mass is 32.1. The van der Waals surface area contributed by atoms with Gasteiger partial charge in [-0.1, -0.05) is 71.2 Å². The molecule has 0 saturated carbocycles. The molecule has 5 rings (SSSR count). The number of fused-ring (bicyclic) bond motifs is 2. The Hall–Kier alpha value is -3.01. The quantitative estimate of drug-likeness (QED) is 0.282. The first-order valence-electron chi connectivity index (χ1n) is 8.31. The highest BCUT2D eigenvalue weighted by molar-refractivity contribution is 7.73. The Labute approximate surface area is 171 Å². The van der Waals surface area contributed by atoms with E-state index < -0.39 is 0 Å². The minimum atomic E-state index is -0.191. The van der Waals surface area contributed by atoms with E-state index in [2.05, 4.69) is 20.3 Å². The third-order valence-electron chi connectivity index (χ3n) is 4.14. The number of azo groups is 1. The molecule has 0 radical (unpaired) electrons. The smallest absolute Gasteiger partial charge is 0.270 e. The molecule has 0 fully saturated rings. The number of hydrogen-bond donors (Lipinski definition) is 1. The van der Waals surface area contributed by atoms with E-state index in [0.717, 1.165) is 16.8 Å². The van der Waals surface area contributed by atoms with Crippen LogP contribution >= 0.6 is 34.9 Å². The van der Waals surface area contributed by atoms with Crippen molar-refractivity contribution in [1.82, 2.24) is 14.6 Å². The number of nitrogens with one attached hydrogen (secondary N) is 1. The number of aromatic amines is 1. The van der Waals surface area contributed by atoms with Crippen molar-refractivity contribution in [3.8, 4) is 11.1 Å². The second kappa shape index (κ2) is 6.86. The molecule has 0 aliphatic heterocycles. The molecule has 9 heteroatoms. The molecule has 0 aliphatic carbocycles. The maximum Gasteiger partial charge on any atom is 0.282 e. The molecule has 0 amide bonds. The van der Waals surface area contributed by atoms with E-state index >= 15 is 0 Å². The van der Waals surface area contributed by atoms with E-state index in [0.29, 0.717) is 24.1 Å². The van der Waals surface area contributed by atoms with Gasteiger partial charge in [0.1, 0.15) is 9.83 Å². The summed E-state index contributed by atoms with van der Waals surface area (Å²) in [6, 6.07) is 19.2. The molecule has 0 atom stereocenters. The summed E-state index contributed by atoms with van der Waals surface area (Å²) in [4.78, 5) is 18.9. The number of rotatable bonds is 3. The first kappa shape index (κ1) is 17.1. The van der Waals surface area contributed by atoms with Crippen molar-refractivity contribution in [3.05, 3.63) is 75.0 Å². The van der Waals surface area contributed by atoms with E-state index in [9.17, 15) is 4.79 Å². The van der Waals surface area contributed by atoms with Gasteiger partial charge >= 0.3 is 0 Å². The minimum Gasteiger partial charge on any atom is -0.270 e. The van der Waals surface area contributed by atoms with Gasteiger partial charge in [0.15, 0.2) is 3.95 Å². The van der Waals surface area contributed by atoms with Crippen LogP contribution in [0.4, 0.5) is 10.7 Å². The van der Waals surface area contributed by atoms with Crippen molar-refractivity contribution < 1.29 is 0 Å². The summed E-state index contributed by atoms with van der Waals surface area (Å²) in [5, 5.41) is 12.8. The molecular weight excluding hydrogens is 410 g/mol. The minimum absolute atomic E-state index is 0.191. The zero-order valence-corrected chi connectivity index (χ0v) is 16.6. The Kier molecular flexibility index (Phi) is 4.19. The molecule has 0 bridgehead atoms. The van der Waals surface area contributed by atoms with Crippen molar-refractivity contribution in [2.24, 2.45) is 10.2 Å². The molecule has 0 spiro atoms. The van der Waals surface area contributed by atoms with Gasteiger partial charge in [0.25, 0.3) is 5.56 Å². The molecule has 0 unspecified atom stereocenters. The number of thiophene rings is 1. The standard InChI is InChI=1S/C19H11N5OS3/c25-17-14-13(11-7-3-1-4-8-11)16(22-21-12-9-5-2-6-10-12)27-15(14)20-18-24(17)23-19(26)28-18/h1-10H,(H,23,26). The summed E-state index contributed by atoms with van der Waals surface area (Å²) < 4.78 is 1.90. The van der Waals surface area contributed by atoms with Crippen LogP contribution in [0.3, 0.4) is 0 Å². The molecule has 28 heavy (non-hydrogen) atoms. The van der Waals surface area contributed by atoms with Gasteiger partial charge in [0.05, 0.1) is 11.1 Å². The Morgan fingerprint density at radius 3 is 2.43 bits per heavy atom. The van der Waals surface area contributed by atoms with Crippen LogP contribution in [0.15, 0.2) is 75.7 Å². The second-order valence-electron chi connectivity index (χ2n) is 5.90. The van der Waals surface area contributed by atoms with Crippen molar-refractivity contribution in [2.45, 2.75) is 0 Å². The predicted octanol–water partition coefficient (Wildman–Crippen LogP) is 6.11. The lowest BCUT2D eigenvalue weighted by atomic mass is 10.1. The molecule has 0 saturated heterocycles. The average molecular weight is 422 g/mol.